The zero-order valence-corrected chi connectivity index (χ0v) is 12.0. The summed E-state index contributed by atoms with van der Waals surface area (Å²) in [7, 11) is -3.81. The molecule has 0 saturated carbocycles. The van der Waals surface area contributed by atoms with E-state index in [9.17, 15) is 13.2 Å². The van der Waals surface area contributed by atoms with E-state index in [1.807, 2.05) is 0 Å². The Hall–Kier alpha value is -0.960. The quantitative estimate of drug-likeness (QED) is 0.853. The van der Waals surface area contributed by atoms with Crippen molar-refractivity contribution in [3.05, 3.63) is 15.8 Å². The van der Waals surface area contributed by atoms with Gasteiger partial charge in [0, 0.05) is 13.2 Å². The number of nitrogens with one attached hydrogen (secondary N) is 1. The van der Waals surface area contributed by atoms with Crippen LogP contribution >= 0.6 is 11.3 Å². The number of rotatable bonds is 5. The molecule has 0 aromatic carbocycles. The summed E-state index contributed by atoms with van der Waals surface area (Å²) in [6, 6.07) is 0. The van der Waals surface area contributed by atoms with Crippen LogP contribution in [0.5, 0.6) is 0 Å². The molecule has 2 rings (SSSR count). The highest BCUT2D eigenvalue weighted by Crippen LogP contribution is 2.26. The summed E-state index contributed by atoms with van der Waals surface area (Å²) in [4.78, 5) is 10.7. The van der Waals surface area contributed by atoms with E-state index in [1.165, 1.54) is 5.38 Å². The van der Waals surface area contributed by atoms with Gasteiger partial charge >= 0.3 is 5.97 Å². The van der Waals surface area contributed by atoms with Crippen LogP contribution in [-0.2, 0) is 14.8 Å². The molecule has 1 atom stereocenters. The predicted octanol–water partition coefficient (Wildman–Crippen LogP) is 1.21. The molecular formula is C11H15NO5S2. The lowest BCUT2D eigenvalue weighted by Crippen LogP contribution is -2.32. The molecule has 1 saturated heterocycles. The highest BCUT2D eigenvalue weighted by Gasteiger charge is 2.28. The normalized spacial score (nSPS) is 19.7. The second-order valence-corrected chi connectivity index (χ2v) is 6.95. The summed E-state index contributed by atoms with van der Waals surface area (Å²) in [5.41, 5.74) is 0.447. The fraction of sp³-hybridized carbons (Fsp3) is 0.545. The molecule has 2 N–H and O–H groups in total. The molecule has 0 aliphatic carbocycles. The average molecular weight is 305 g/mol. The minimum atomic E-state index is -3.81. The second-order valence-electron chi connectivity index (χ2n) is 4.37. The monoisotopic (exact) mass is 305 g/mol. The minimum absolute atomic E-state index is 0.123. The van der Waals surface area contributed by atoms with Crippen molar-refractivity contribution in [3.63, 3.8) is 0 Å². The van der Waals surface area contributed by atoms with Crippen molar-refractivity contribution in [1.29, 1.82) is 0 Å². The zero-order chi connectivity index (χ0) is 14.0. The molecule has 1 aliphatic heterocycles. The van der Waals surface area contributed by atoms with E-state index in [0.29, 0.717) is 12.2 Å². The van der Waals surface area contributed by atoms with Gasteiger partial charge in [-0.25, -0.2) is 17.9 Å². The Morgan fingerprint density at radius 1 is 1.63 bits per heavy atom. The summed E-state index contributed by atoms with van der Waals surface area (Å²) < 4.78 is 32.1. The molecule has 1 aliphatic rings. The highest BCUT2D eigenvalue weighted by molar-refractivity contribution is 7.89. The first kappa shape index (κ1) is 14.4. The van der Waals surface area contributed by atoms with Gasteiger partial charge in [-0.15, -0.1) is 11.3 Å². The Balaban J connectivity index is 2.19. The summed E-state index contributed by atoms with van der Waals surface area (Å²) in [6.07, 6.45) is 1.61. The van der Waals surface area contributed by atoms with Crippen molar-refractivity contribution in [3.8, 4) is 0 Å². The lowest BCUT2D eigenvalue weighted by atomic mass is 10.2. The van der Waals surface area contributed by atoms with E-state index >= 15 is 0 Å². The Morgan fingerprint density at radius 2 is 2.37 bits per heavy atom. The van der Waals surface area contributed by atoms with Crippen LogP contribution in [0.25, 0.3) is 0 Å². The summed E-state index contributed by atoms with van der Waals surface area (Å²) in [5, 5.41) is 10.5. The van der Waals surface area contributed by atoms with Gasteiger partial charge in [-0.1, -0.05) is 0 Å². The second kappa shape index (κ2) is 5.58. The molecule has 1 aromatic heterocycles. The lowest BCUT2D eigenvalue weighted by Gasteiger charge is -2.11. The lowest BCUT2D eigenvalue weighted by molar-refractivity contribution is 0.0698. The maximum absolute atomic E-state index is 12.2. The molecule has 1 fully saturated rings. The number of aryl methyl sites for hydroxylation is 1. The van der Waals surface area contributed by atoms with Crippen LogP contribution in [0, 0.1) is 6.92 Å². The van der Waals surface area contributed by atoms with Gasteiger partial charge in [-0.2, -0.15) is 0 Å². The predicted molar refractivity (Wildman–Crippen MR) is 70.2 cm³/mol. The topological polar surface area (TPSA) is 92.7 Å². The zero-order valence-electron chi connectivity index (χ0n) is 10.4. The van der Waals surface area contributed by atoms with Crippen LogP contribution < -0.4 is 4.72 Å². The standard InChI is InChI=1S/C11H15NO5S2/c1-7-6-18-9(11(13)14)10(7)19(15,16)12-5-8-3-2-4-17-8/h6,8,12H,2-5H2,1H3,(H,13,14). The Kier molecular flexibility index (Phi) is 4.24. The van der Waals surface area contributed by atoms with Gasteiger partial charge in [-0.05, 0) is 30.7 Å². The largest absolute Gasteiger partial charge is 0.477 e. The Labute approximate surface area is 115 Å². The maximum atomic E-state index is 12.2. The molecule has 1 aromatic rings. The number of ether oxygens (including phenoxy) is 1. The molecule has 0 radical (unpaired) electrons. The molecule has 8 heteroatoms. The van der Waals surface area contributed by atoms with Gasteiger partial charge in [0.1, 0.15) is 9.77 Å². The number of thiophene rings is 1. The minimum Gasteiger partial charge on any atom is -0.477 e. The van der Waals surface area contributed by atoms with Crippen molar-refractivity contribution in [2.24, 2.45) is 0 Å². The van der Waals surface area contributed by atoms with E-state index < -0.39 is 16.0 Å². The van der Waals surface area contributed by atoms with Gasteiger partial charge < -0.3 is 9.84 Å². The van der Waals surface area contributed by atoms with Crippen molar-refractivity contribution in [2.45, 2.75) is 30.8 Å². The van der Waals surface area contributed by atoms with E-state index in [1.54, 1.807) is 6.92 Å². The number of sulfonamides is 1. The summed E-state index contributed by atoms with van der Waals surface area (Å²) >= 11 is 0.919. The van der Waals surface area contributed by atoms with E-state index in [2.05, 4.69) is 4.72 Å². The van der Waals surface area contributed by atoms with Crippen LogP contribution in [0.4, 0.5) is 0 Å². The van der Waals surface area contributed by atoms with E-state index in [4.69, 9.17) is 9.84 Å². The number of carboxylic acids is 1. The van der Waals surface area contributed by atoms with Gasteiger partial charge in [0.15, 0.2) is 0 Å². The van der Waals surface area contributed by atoms with Crippen LogP contribution in [-0.4, -0.2) is 38.7 Å². The fourth-order valence-corrected chi connectivity index (χ4v) is 4.69. The molecule has 19 heavy (non-hydrogen) atoms. The average Bonchev–Trinajstić information content (AvgIpc) is 2.95. The smallest absolute Gasteiger partial charge is 0.347 e. The van der Waals surface area contributed by atoms with E-state index in [0.717, 1.165) is 24.2 Å². The third-order valence-corrected chi connectivity index (χ3v) is 5.73. The molecular weight excluding hydrogens is 290 g/mol. The first-order valence-electron chi connectivity index (χ1n) is 5.84. The van der Waals surface area contributed by atoms with Crippen molar-refractivity contribution in [1.82, 2.24) is 4.72 Å². The highest BCUT2D eigenvalue weighted by atomic mass is 32.2. The van der Waals surface area contributed by atoms with Crippen LogP contribution in [0.2, 0.25) is 0 Å². The third kappa shape index (κ3) is 3.14. The SMILES string of the molecule is Cc1csc(C(=O)O)c1S(=O)(=O)NCC1CCCO1. The number of hydrogen-bond donors (Lipinski definition) is 2. The Bertz CT molecular complexity index is 572. The molecule has 0 bridgehead atoms. The summed E-state index contributed by atoms with van der Waals surface area (Å²) in [6.45, 7) is 2.41. The first-order chi connectivity index (χ1) is 8.92. The van der Waals surface area contributed by atoms with Gasteiger partial charge in [0.2, 0.25) is 10.0 Å². The first-order valence-corrected chi connectivity index (χ1v) is 8.21. The summed E-state index contributed by atoms with van der Waals surface area (Å²) in [5.74, 6) is -1.23. The fourth-order valence-electron chi connectivity index (χ4n) is 2.00. The number of hydrogen-bond acceptors (Lipinski definition) is 5. The molecule has 1 unspecified atom stereocenters. The molecule has 0 amide bonds. The van der Waals surface area contributed by atoms with Crippen molar-refractivity contribution in [2.75, 3.05) is 13.2 Å². The van der Waals surface area contributed by atoms with Gasteiger partial charge in [0.25, 0.3) is 0 Å². The van der Waals surface area contributed by atoms with Gasteiger partial charge in [0.05, 0.1) is 6.10 Å². The molecule has 6 nitrogen and oxygen atoms in total. The number of carbonyl (C=O) groups is 1. The number of aromatic carboxylic acids is 1. The van der Waals surface area contributed by atoms with E-state index in [-0.39, 0.29) is 22.4 Å². The van der Waals surface area contributed by atoms with Crippen LogP contribution in [0.1, 0.15) is 28.1 Å². The molecule has 106 valence electrons. The molecule has 0 spiro atoms. The number of carboxylic acid groups (broad SMARTS) is 1. The van der Waals surface area contributed by atoms with Crippen molar-refractivity contribution < 1.29 is 23.1 Å². The molecule has 2 heterocycles. The van der Waals surface area contributed by atoms with Crippen molar-refractivity contribution >= 4 is 27.3 Å². The van der Waals surface area contributed by atoms with Crippen LogP contribution in [0.15, 0.2) is 10.3 Å². The Morgan fingerprint density at radius 3 is 2.95 bits per heavy atom. The third-order valence-electron chi connectivity index (χ3n) is 2.91. The van der Waals surface area contributed by atoms with Gasteiger partial charge in [-0.3, -0.25) is 0 Å². The maximum Gasteiger partial charge on any atom is 0.347 e. The van der Waals surface area contributed by atoms with Crippen LogP contribution in [0.3, 0.4) is 0 Å².